The molecule has 36 heavy (non-hydrogen) atoms. The van der Waals surface area contributed by atoms with Gasteiger partial charge in [-0.2, -0.15) is 0 Å². The van der Waals surface area contributed by atoms with Crippen LogP contribution in [0.1, 0.15) is 24.3 Å². The van der Waals surface area contributed by atoms with Gasteiger partial charge in [-0.3, -0.25) is 9.69 Å². The van der Waals surface area contributed by atoms with E-state index in [4.69, 9.17) is 9.72 Å². The Morgan fingerprint density at radius 1 is 1.14 bits per heavy atom. The Kier molecular flexibility index (Phi) is 6.86. The first-order valence-electron chi connectivity index (χ1n) is 11.7. The number of methoxy groups -OCH3 is 1. The second-order valence-electron chi connectivity index (χ2n) is 8.99. The average Bonchev–Trinajstić information content (AvgIpc) is 3.43. The first-order chi connectivity index (χ1) is 17.2. The van der Waals surface area contributed by atoms with Crippen LogP contribution in [-0.2, 0) is 27.6 Å². The number of aromatic nitrogens is 1. The van der Waals surface area contributed by atoms with Crippen LogP contribution < -0.4 is 10.1 Å². The van der Waals surface area contributed by atoms with E-state index in [9.17, 15) is 13.2 Å². The van der Waals surface area contributed by atoms with Gasteiger partial charge in [0.05, 0.1) is 22.2 Å². The Balaban J connectivity index is 1.47. The lowest BCUT2D eigenvalue weighted by molar-refractivity contribution is -0.113. The van der Waals surface area contributed by atoms with Gasteiger partial charge in [-0.05, 0) is 62.2 Å². The predicted molar refractivity (Wildman–Crippen MR) is 146 cm³/mol. The minimum atomic E-state index is -3.81. The van der Waals surface area contributed by atoms with Crippen LogP contribution in [0.4, 0.5) is 5.00 Å². The first kappa shape index (κ1) is 24.9. The third-order valence-corrected chi connectivity index (χ3v) is 10.1. The summed E-state index contributed by atoms with van der Waals surface area (Å²) in [5, 5.41) is 4.44. The summed E-state index contributed by atoms with van der Waals surface area (Å²) in [6.07, 6.45) is 0.856. The van der Waals surface area contributed by atoms with Crippen molar-refractivity contribution in [1.29, 1.82) is 0 Å². The molecule has 2 aromatic heterocycles. The lowest BCUT2D eigenvalue weighted by Crippen LogP contribution is -2.35. The van der Waals surface area contributed by atoms with Crippen molar-refractivity contribution < 1.29 is 17.9 Å². The summed E-state index contributed by atoms with van der Waals surface area (Å²) < 4.78 is 32.0. The fourth-order valence-electron chi connectivity index (χ4n) is 4.36. The number of rotatable bonds is 7. The predicted octanol–water partition coefficient (Wildman–Crippen LogP) is 5.21. The number of thiophene rings is 1. The smallest absolute Gasteiger partial charge is 0.240 e. The summed E-state index contributed by atoms with van der Waals surface area (Å²) in [5.41, 5.74) is 3.04. The summed E-state index contributed by atoms with van der Waals surface area (Å²) in [6, 6.07) is 14.4. The fraction of sp³-hybridized carbons (Fsp3) is 0.308. The highest BCUT2D eigenvalue weighted by Crippen LogP contribution is 2.45. The van der Waals surface area contributed by atoms with Crippen molar-refractivity contribution >= 4 is 53.6 Å². The monoisotopic (exact) mass is 541 g/mol. The molecule has 1 amide bonds. The van der Waals surface area contributed by atoms with Crippen LogP contribution in [0.25, 0.3) is 20.8 Å². The van der Waals surface area contributed by atoms with Gasteiger partial charge < -0.3 is 10.1 Å². The molecule has 0 atom stereocenters. The summed E-state index contributed by atoms with van der Waals surface area (Å²) >= 11 is 3.11. The molecule has 0 saturated heterocycles. The number of carbonyl (C=O) groups is 1. The average molecular weight is 542 g/mol. The second-order valence-corrected chi connectivity index (χ2v) is 13.1. The number of hydrogen-bond donors (Lipinski definition) is 1. The van der Waals surface area contributed by atoms with Gasteiger partial charge in [-0.1, -0.05) is 12.1 Å². The van der Waals surface area contributed by atoms with E-state index in [2.05, 4.69) is 24.1 Å². The maximum atomic E-state index is 13.0. The zero-order valence-electron chi connectivity index (χ0n) is 20.3. The van der Waals surface area contributed by atoms with Gasteiger partial charge in [0.15, 0.2) is 9.84 Å². The normalized spacial score (nSPS) is 14.2. The summed E-state index contributed by atoms with van der Waals surface area (Å²) in [6.45, 7) is 6.09. The molecule has 0 bridgehead atoms. The molecule has 7 nitrogen and oxygen atoms in total. The van der Waals surface area contributed by atoms with Crippen molar-refractivity contribution in [3.8, 4) is 16.3 Å². The largest absolute Gasteiger partial charge is 0.497 e. The Morgan fingerprint density at radius 2 is 1.89 bits per heavy atom. The third kappa shape index (κ3) is 4.90. The van der Waals surface area contributed by atoms with Gasteiger partial charge in [0.2, 0.25) is 5.91 Å². The molecule has 0 aliphatic carbocycles. The van der Waals surface area contributed by atoms with E-state index in [0.29, 0.717) is 16.8 Å². The number of thiazole rings is 1. The van der Waals surface area contributed by atoms with Crippen LogP contribution >= 0.6 is 22.7 Å². The lowest BCUT2D eigenvalue weighted by Gasteiger charge is -2.30. The number of nitrogens with zero attached hydrogens (tertiary/aromatic N) is 2. The summed E-state index contributed by atoms with van der Waals surface area (Å²) in [4.78, 5) is 21.6. The molecule has 5 rings (SSSR count). The number of hydrogen-bond acceptors (Lipinski definition) is 8. The minimum Gasteiger partial charge on any atom is -0.497 e. The SMILES string of the molecule is COc1ccc(S(=O)(=O)CC(=O)Nc2sc3c(c2-c2nc4ccccc4s2)CCN(C(C)C)C3)cc1. The van der Waals surface area contributed by atoms with E-state index in [1.54, 1.807) is 23.5 Å². The number of para-hydroxylation sites is 1. The molecule has 1 N–H and O–H groups in total. The molecule has 0 spiro atoms. The van der Waals surface area contributed by atoms with Crippen LogP contribution in [0.5, 0.6) is 5.75 Å². The molecule has 4 aromatic rings. The number of anilines is 1. The van der Waals surface area contributed by atoms with Crippen molar-refractivity contribution in [1.82, 2.24) is 9.88 Å². The maximum Gasteiger partial charge on any atom is 0.240 e. The molecular formula is C26H27N3O4S3. The van der Waals surface area contributed by atoms with Gasteiger partial charge >= 0.3 is 0 Å². The molecule has 3 heterocycles. The topological polar surface area (TPSA) is 88.6 Å². The Bertz CT molecular complexity index is 1490. The highest BCUT2D eigenvalue weighted by Gasteiger charge is 2.29. The van der Waals surface area contributed by atoms with Crippen molar-refractivity contribution in [2.45, 2.75) is 37.8 Å². The van der Waals surface area contributed by atoms with Gasteiger partial charge in [0.1, 0.15) is 21.5 Å². The Hall–Kier alpha value is -2.79. The number of nitrogens with one attached hydrogen (secondary N) is 1. The number of ether oxygens (including phenoxy) is 1. The van der Waals surface area contributed by atoms with Crippen molar-refractivity contribution in [2.75, 3.05) is 24.7 Å². The molecular weight excluding hydrogens is 515 g/mol. The van der Waals surface area contributed by atoms with Crippen molar-refractivity contribution in [2.24, 2.45) is 0 Å². The molecule has 2 aromatic carbocycles. The third-order valence-electron chi connectivity index (χ3n) is 6.32. The number of sulfone groups is 1. The summed E-state index contributed by atoms with van der Waals surface area (Å²) in [7, 11) is -2.29. The van der Waals surface area contributed by atoms with E-state index in [0.717, 1.165) is 40.3 Å². The zero-order chi connectivity index (χ0) is 25.4. The molecule has 188 valence electrons. The van der Waals surface area contributed by atoms with E-state index < -0.39 is 21.5 Å². The number of fused-ring (bicyclic) bond motifs is 2. The fourth-order valence-corrected chi connectivity index (χ4v) is 7.89. The van der Waals surface area contributed by atoms with E-state index >= 15 is 0 Å². The lowest BCUT2D eigenvalue weighted by atomic mass is 10.0. The Labute approximate surface area is 218 Å². The van der Waals surface area contributed by atoms with E-state index in [-0.39, 0.29) is 4.90 Å². The quantitative estimate of drug-likeness (QED) is 0.345. The van der Waals surface area contributed by atoms with Crippen LogP contribution in [0.3, 0.4) is 0 Å². The highest BCUT2D eigenvalue weighted by atomic mass is 32.2. The van der Waals surface area contributed by atoms with E-state index in [1.165, 1.54) is 41.0 Å². The van der Waals surface area contributed by atoms with Gasteiger partial charge in [-0.25, -0.2) is 13.4 Å². The number of carbonyl (C=O) groups excluding carboxylic acids is 1. The highest BCUT2D eigenvalue weighted by molar-refractivity contribution is 7.92. The number of benzene rings is 2. The molecule has 1 aliphatic heterocycles. The van der Waals surface area contributed by atoms with Crippen molar-refractivity contribution in [3.05, 3.63) is 59.0 Å². The summed E-state index contributed by atoms with van der Waals surface area (Å²) in [5.74, 6) is -0.648. The molecule has 0 saturated carbocycles. The van der Waals surface area contributed by atoms with Crippen LogP contribution in [-0.4, -0.2) is 49.7 Å². The number of amides is 1. The molecule has 10 heteroatoms. The van der Waals surface area contributed by atoms with Crippen molar-refractivity contribution in [3.63, 3.8) is 0 Å². The van der Waals surface area contributed by atoms with Crippen LogP contribution in [0, 0.1) is 0 Å². The second kappa shape index (κ2) is 9.93. The molecule has 0 unspecified atom stereocenters. The van der Waals surface area contributed by atoms with Gasteiger partial charge in [-0.15, -0.1) is 22.7 Å². The first-order valence-corrected chi connectivity index (χ1v) is 14.9. The maximum absolute atomic E-state index is 13.0. The van der Waals surface area contributed by atoms with Crippen LogP contribution in [0.15, 0.2) is 53.4 Å². The molecule has 1 aliphatic rings. The zero-order valence-corrected chi connectivity index (χ0v) is 22.7. The van der Waals surface area contributed by atoms with E-state index in [1.807, 2.05) is 24.3 Å². The minimum absolute atomic E-state index is 0.0860. The van der Waals surface area contributed by atoms with Crippen LogP contribution in [0.2, 0.25) is 0 Å². The van der Waals surface area contributed by atoms with Gasteiger partial charge in [0, 0.05) is 29.6 Å². The standard InChI is InChI=1S/C26H27N3O4S3/c1-16(2)29-13-12-19-22(14-29)35-26(24(19)25-27-20-6-4-5-7-21(20)34-25)28-23(30)15-36(31,32)18-10-8-17(33-3)9-11-18/h4-11,16H,12-15H2,1-3H3,(H,28,30). The molecule has 0 radical (unpaired) electrons. The van der Waals surface area contributed by atoms with Gasteiger partial charge in [0.25, 0.3) is 0 Å². The Morgan fingerprint density at radius 3 is 2.58 bits per heavy atom. The molecule has 0 fully saturated rings.